The Balaban J connectivity index is 1.72. The molecule has 0 spiro atoms. The zero-order chi connectivity index (χ0) is 21.2. The van der Waals surface area contributed by atoms with E-state index in [1.54, 1.807) is 6.92 Å². The molecule has 0 aromatic heterocycles. The van der Waals surface area contributed by atoms with Gasteiger partial charge >= 0.3 is 6.09 Å². The average molecular weight is 431 g/mol. The Morgan fingerprint density at radius 1 is 1.31 bits per heavy atom. The molecule has 1 aromatic rings. The average Bonchev–Trinajstić information content (AvgIpc) is 3.02. The van der Waals surface area contributed by atoms with Crippen molar-refractivity contribution in [1.29, 1.82) is 0 Å². The normalized spacial score (nSPS) is 21.2. The van der Waals surface area contributed by atoms with Crippen LogP contribution in [0.15, 0.2) is 12.1 Å². The van der Waals surface area contributed by atoms with Gasteiger partial charge in [0, 0.05) is 44.5 Å². The molecule has 1 atom stereocenters. The molecule has 0 radical (unpaired) electrons. The van der Waals surface area contributed by atoms with E-state index in [1.807, 2.05) is 0 Å². The van der Waals surface area contributed by atoms with E-state index in [0.29, 0.717) is 6.61 Å². The van der Waals surface area contributed by atoms with Crippen LogP contribution in [0.2, 0.25) is 0 Å². The second-order valence-corrected chi connectivity index (χ2v) is 9.76. The number of hydrogen-bond donors (Lipinski definition) is 1. The van der Waals surface area contributed by atoms with Crippen molar-refractivity contribution in [2.45, 2.75) is 20.0 Å². The Bertz CT molecular complexity index is 818. The van der Waals surface area contributed by atoms with Gasteiger partial charge in [0.05, 0.1) is 25.4 Å². The number of halogens is 2. The Labute approximate surface area is 167 Å². The number of benzene rings is 1. The molecule has 2 amide bonds. The fraction of sp³-hybridized carbons (Fsp3) is 0.556. The van der Waals surface area contributed by atoms with Crippen LogP contribution in [0.5, 0.6) is 0 Å². The quantitative estimate of drug-likeness (QED) is 0.697. The lowest BCUT2D eigenvalue weighted by Gasteiger charge is -2.33. The summed E-state index contributed by atoms with van der Waals surface area (Å²) in [5, 5.41) is 2.54. The third-order valence-corrected chi connectivity index (χ3v) is 7.36. The number of anilines is 2. The predicted molar refractivity (Wildman–Crippen MR) is 104 cm³/mol. The molecule has 3 rings (SSSR count). The van der Waals surface area contributed by atoms with Gasteiger partial charge in [-0.1, -0.05) is 0 Å². The van der Waals surface area contributed by atoms with E-state index in [9.17, 15) is 22.9 Å². The third kappa shape index (κ3) is 4.87. The molecule has 2 aliphatic rings. The second-order valence-electron chi connectivity index (χ2n) is 6.98. The fourth-order valence-electron chi connectivity index (χ4n) is 3.46. The summed E-state index contributed by atoms with van der Waals surface area (Å²) in [5.41, 5.74) is -0.171. The zero-order valence-electron chi connectivity index (χ0n) is 16.3. The van der Waals surface area contributed by atoms with Gasteiger partial charge in [0.2, 0.25) is 13.3 Å². The number of carbonyl (C=O) groups excluding carboxylic acids is 2. The molecule has 8 nitrogen and oxygen atoms in total. The molecule has 0 bridgehead atoms. The molecule has 0 saturated carbocycles. The number of rotatable bonds is 6. The number of nitrogens with zero attached hydrogens (tertiary/aromatic N) is 2. The minimum Gasteiger partial charge on any atom is -0.442 e. The summed E-state index contributed by atoms with van der Waals surface area (Å²) >= 11 is 0. The van der Waals surface area contributed by atoms with Gasteiger partial charge in [-0.05, 0) is 6.92 Å². The highest BCUT2D eigenvalue weighted by Gasteiger charge is 2.35. The van der Waals surface area contributed by atoms with Gasteiger partial charge in [-0.15, -0.1) is 0 Å². The van der Waals surface area contributed by atoms with Crippen LogP contribution in [0, 0.1) is 11.6 Å². The highest BCUT2D eigenvalue weighted by atomic mass is 31.2. The first-order chi connectivity index (χ1) is 13.7. The predicted octanol–water partition coefficient (Wildman–Crippen LogP) is 2.56. The lowest BCUT2D eigenvalue weighted by molar-refractivity contribution is -0.119. The largest absolute Gasteiger partial charge is 0.442 e. The maximum absolute atomic E-state index is 14.7. The van der Waals surface area contributed by atoms with Crippen LogP contribution in [0.3, 0.4) is 0 Å². The number of nitrogens with one attached hydrogen (secondary N) is 1. The minimum atomic E-state index is -2.74. The van der Waals surface area contributed by atoms with Crippen LogP contribution in [0.25, 0.3) is 0 Å². The van der Waals surface area contributed by atoms with E-state index in [-0.39, 0.29) is 55.8 Å². The van der Waals surface area contributed by atoms with Crippen molar-refractivity contribution in [3.63, 3.8) is 0 Å². The van der Waals surface area contributed by atoms with Crippen LogP contribution in [-0.4, -0.2) is 63.2 Å². The van der Waals surface area contributed by atoms with Crippen molar-refractivity contribution in [3.05, 3.63) is 23.8 Å². The van der Waals surface area contributed by atoms with Gasteiger partial charge in [0.15, 0.2) is 11.6 Å². The van der Waals surface area contributed by atoms with Gasteiger partial charge in [0.1, 0.15) is 11.8 Å². The molecule has 2 aliphatic heterocycles. The molecule has 0 aliphatic carbocycles. The van der Waals surface area contributed by atoms with E-state index in [2.05, 4.69) is 5.32 Å². The highest BCUT2D eigenvalue weighted by Crippen LogP contribution is 2.49. The van der Waals surface area contributed by atoms with Gasteiger partial charge in [0.25, 0.3) is 0 Å². The first kappa shape index (κ1) is 21.5. The Morgan fingerprint density at radius 2 is 1.93 bits per heavy atom. The smallest absolute Gasteiger partial charge is 0.414 e. The molecule has 1 aromatic carbocycles. The number of ether oxygens (including phenoxy) is 1. The third-order valence-electron chi connectivity index (χ3n) is 4.87. The summed E-state index contributed by atoms with van der Waals surface area (Å²) in [5.74, 6) is -1.89. The van der Waals surface area contributed by atoms with Crippen LogP contribution in [-0.2, 0) is 18.6 Å². The van der Waals surface area contributed by atoms with Crippen LogP contribution in [0.4, 0.5) is 25.0 Å². The van der Waals surface area contributed by atoms with E-state index >= 15 is 0 Å². The number of cyclic esters (lactones) is 1. The van der Waals surface area contributed by atoms with E-state index < -0.39 is 31.2 Å². The second kappa shape index (κ2) is 8.67. The van der Waals surface area contributed by atoms with Crippen LogP contribution in [0.1, 0.15) is 13.8 Å². The summed E-state index contributed by atoms with van der Waals surface area (Å²) < 4.78 is 52.4. The molecule has 2 heterocycles. The summed E-state index contributed by atoms with van der Waals surface area (Å²) in [6.45, 7) is 4.06. The van der Waals surface area contributed by atoms with Crippen molar-refractivity contribution in [2.24, 2.45) is 0 Å². The van der Waals surface area contributed by atoms with Crippen LogP contribution < -0.4 is 15.1 Å². The molecule has 29 heavy (non-hydrogen) atoms. The standard InChI is InChI=1S/C18H24F2N3O5P/c1-3-27-29(26)6-4-22(5-7-29)17-15(19)8-13(9-16(17)20)23-11-14(28-18(23)25)10-21-12(2)24/h8-9,14H,3-7,10-11H2,1-2H3,(H,21,24)/t14-/m0/s1. The summed E-state index contributed by atoms with van der Waals surface area (Å²) in [6.07, 6.45) is -0.885. The summed E-state index contributed by atoms with van der Waals surface area (Å²) in [7, 11) is -2.74. The van der Waals surface area contributed by atoms with E-state index in [0.717, 1.165) is 17.0 Å². The molecule has 2 fully saturated rings. The maximum atomic E-state index is 14.7. The van der Waals surface area contributed by atoms with Crippen LogP contribution >= 0.6 is 7.37 Å². The van der Waals surface area contributed by atoms with E-state index in [4.69, 9.17) is 9.26 Å². The molecular weight excluding hydrogens is 407 g/mol. The SMILES string of the molecule is CCOP1(=O)CCN(c2c(F)cc(N3C[C@H](CNC(C)=O)OC3=O)cc2F)CC1. The lowest BCUT2D eigenvalue weighted by Crippen LogP contribution is -2.36. The van der Waals surface area contributed by atoms with Crippen molar-refractivity contribution >= 4 is 30.7 Å². The maximum Gasteiger partial charge on any atom is 0.414 e. The highest BCUT2D eigenvalue weighted by molar-refractivity contribution is 7.59. The Morgan fingerprint density at radius 3 is 2.48 bits per heavy atom. The zero-order valence-corrected chi connectivity index (χ0v) is 17.2. The Hall–Kier alpha value is -2.19. The molecule has 2 saturated heterocycles. The van der Waals surface area contributed by atoms with Crippen molar-refractivity contribution in [2.75, 3.05) is 54.9 Å². The van der Waals surface area contributed by atoms with Crippen molar-refractivity contribution < 1.29 is 32.2 Å². The topological polar surface area (TPSA) is 88.2 Å². The fourth-order valence-corrected chi connectivity index (χ4v) is 5.51. The van der Waals surface area contributed by atoms with Crippen molar-refractivity contribution in [1.82, 2.24) is 5.32 Å². The molecular formula is C18H24F2N3O5P. The van der Waals surface area contributed by atoms with E-state index in [1.165, 1.54) is 11.8 Å². The Kier molecular flexibility index (Phi) is 6.43. The molecule has 0 unspecified atom stereocenters. The summed E-state index contributed by atoms with van der Waals surface area (Å²) in [4.78, 5) is 25.7. The number of carbonyl (C=O) groups is 2. The summed E-state index contributed by atoms with van der Waals surface area (Å²) in [6, 6.07) is 2.16. The van der Waals surface area contributed by atoms with Gasteiger partial charge in [-0.25, -0.2) is 13.6 Å². The minimum absolute atomic E-state index is 0.0380. The first-order valence-electron chi connectivity index (χ1n) is 9.41. The lowest BCUT2D eigenvalue weighted by atomic mass is 10.2. The number of hydrogen-bond acceptors (Lipinski definition) is 6. The van der Waals surface area contributed by atoms with Gasteiger partial charge < -0.3 is 19.5 Å². The van der Waals surface area contributed by atoms with Gasteiger partial charge in [-0.2, -0.15) is 0 Å². The first-order valence-corrected chi connectivity index (χ1v) is 11.4. The van der Waals surface area contributed by atoms with Crippen molar-refractivity contribution in [3.8, 4) is 0 Å². The molecule has 1 N–H and O–H groups in total. The molecule has 11 heteroatoms. The van der Waals surface area contributed by atoms with Gasteiger partial charge in [-0.3, -0.25) is 14.3 Å². The molecule has 160 valence electrons. The number of amides is 2. The monoisotopic (exact) mass is 431 g/mol.